The lowest BCUT2D eigenvalue weighted by Crippen LogP contribution is -2.50. The fourth-order valence-electron chi connectivity index (χ4n) is 2.68. The van der Waals surface area contributed by atoms with Crippen LogP contribution in [0.3, 0.4) is 0 Å². The Hall–Kier alpha value is -2.60. The summed E-state index contributed by atoms with van der Waals surface area (Å²) in [6.07, 6.45) is 1.63. The van der Waals surface area contributed by atoms with E-state index in [4.69, 9.17) is 11.6 Å². The van der Waals surface area contributed by atoms with E-state index in [9.17, 15) is 9.59 Å². The fourth-order valence-corrected chi connectivity index (χ4v) is 2.81. The molecule has 0 radical (unpaired) electrons. The number of aromatic nitrogens is 1. The zero-order chi connectivity index (χ0) is 17.8. The molecule has 0 unspecified atom stereocenters. The normalized spacial score (nSPS) is 14.3. The second-order valence-corrected chi connectivity index (χ2v) is 6.30. The molecule has 1 aliphatic rings. The van der Waals surface area contributed by atoms with E-state index in [0.29, 0.717) is 36.9 Å². The van der Waals surface area contributed by atoms with E-state index in [1.807, 2.05) is 18.2 Å². The highest BCUT2D eigenvalue weighted by Crippen LogP contribution is 2.19. The van der Waals surface area contributed by atoms with Crippen LogP contribution in [0.1, 0.15) is 17.4 Å². The van der Waals surface area contributed by atoms with Gasteiger partial charge in [0.1, 0.15) is 5.69 Å². The minimum Gasteiger partial charge on any atom is -0.354 e. The Labute approximate surface area is 151 Å². The molecule has 6 nitrogen and oxygen atoms in total. The Bertz CT molecular complexity index is 754. The minimum atomic E-state index is -0.110. The first-order valence-electron chi connectivity index (χ1n) is 8.06. The van der Waals surface area contributed by atoms with E-state index in [1.54, 1.807) is 41.1 Å². The van der Waals surface area contributed by atoms with Crippen LogP contribution in [0, 0.1) is 0 Å². The molecule has 130 valence electrons. The molecule has 1 fully saturated rings. The first-order chi connectivity index (χ1) is 12.0. The largest absolute Gasteiger partial charge is 0.354 e. The van der Waals surface area contributed by atoms with Crippen LogP contribution in [0.25, 0.3) is 0 Å². The predicted molar refractivity (Wildman–Crippen MR) is 97.1 cm³/mol. The van der Waals surface area contributed by atoms with Crippen LogP contribution >= 0.6 is 11.6 Å². The number of carbonyl (C=O) groups is 2. The number of amides is 2. The van der Waals surface area contributed by atoms with Crippen molar-refractivity contribution in [3.8, 4) is 0 Å². The SMILES string of the molecule is CC(=O)N1CCN(C(=O)c2ccc(Nc3ccc(Cl)cc3)cn2)CC1. The Morgan fingerprint density at radius 1 is 0.960 bits per heavy atom. The molecule has 2 aromatic rings. The monoisotopic (exact) mass is 358 g/mol. The van der Waals surface area contributed by atoms with Gasteiger partial charge in [-0.1, -0.05) is 11.6 Å². The molecule has 1 aromatic heterocycles. The van der Waals surface area contributed by atoms with Crippen LogP contribution in [-0.4, -0.2) is 52.8 Å². The van der Waals surface area contributed by atoms with Crippen molar-refractivity contribution in [1.29, 1.82) is 0 Å². The lowest BCUT2D eigenvalue weighted by atomic mass is 10.2. The topological polar surface area (TPSA) is 65.5 Å². The van der Waals surface area contributed by atoms with Gasteiger partial charge in [-0.3, -0.25) is 9.59 Å². The summed E-state index contributed by atoms with van der Waals surface area (Å²) in [5, 5.41) is 3.88. The highest BCUT2D eigenvalue weighted by molar-refractivity contribution is 6.30. The highest BCUT2D eigenvalue weighted by Gasteiger charge is 2.23. The summed E-state index contributed by atoms with van der Waals surface area (Å²) in [7, 11) is 0. The average molecular weight is 359 g/mol. The maximum Gasteiger partial charge on any atom is 0.272 e. The molecule has 0 spiro atoms. The van der Waals surface area contributed by atoms with Crippen LogP contribution in [0.15, 0.2) is 42.6 Å². The summed E-state index contributed by atoms with van der Waals surface area (Å²) in [6.45, 7) is 3.75. The number of nitrogens with one attached hydrogen (secondary N) is 1. The van der Waals surface area contributed by atoms with Crippen molar-refractivity contribution < 1.29 is 9.59 Å². The standard InChI is InChI=1S/C18H19ClN4O2/c1-13(24)22-8-10-23(11-9-22)18(25)17-7-6-16(12-20-17)21-15-4-2-14(19)3-5-15/h2-7,12,21H,8-11H2,1H3. The fraction of sp³-hybridized carbons (Fsp3) is 0.278. The zero-order valence-electron chi connectivity index (χ0n) is 13.9. The van der Waals surface area contributed by atoms with Crippen molar-refractivity contribution in [3.05, 3.63) is 53.3 Å². The van der Waals surface area contributed by atoms with Crippen molar-refractivity contribution in [2.45, 2.75) is 6.92 Å². The van der Waals surface area contributed by atoms with Crippen LogP contribution in [-0.2, 0) is 4.79 Å². The van der Waals surface area contributed by atoms with Gasteiger partial charge in [-0.25, -0.2) is 4.98 Å². The summed E-state index contributed by atoms with van der Waals surface area (Å²) in [5.41, 5.74) is 2.09. The quantitative estimate of drug-likeness (QED) is 0.916. The third-order valence-electron chi connectivity index (χ3n) is 4.13. The summed E-state index contributed by atoms with van der Waals surface area (Å²) in [6, 6.07) is 10.9. The van der Waals surface area contributed by atoms with Crippen molar-refractivity contribution in [2.24, 2.45) is 0 Å². The molecule has 3 rings (SSSR count). The Morgan fingerprint density at radius 2 is 1.56 bits per heavy atom. The molecule has 1 aromatic carbocycles. The van der Waals surface area contributed by atoms with Gasteiger partial charge < -0.3 is 15.1 Å². The van der Waals surface area contributed by atoms with Gasteiger partial charge in [0.05, 0.1) is 11.9 Å². The van der Waals surface area contributed by atoms with E-state index < -0.39 is 0 Å². The van der Waals surface area contributed by atoms with E-state index in [0.717, 1.165) is 11.4 Å². The average Bonchev–Trinajstić information content (AvgIpc) is 2.64. The Kier molecular flexibility index (Phi) is 5.19. The minimum absolute atomic E-state index is 0.0443. The first-order valence-corrected chi connectivity index (χ1v) is 8.44. The van der Waals surface area contributed by atoms with Crippen molar-refractivity contribution in [3.63, 3.8) is 0 Å². The van der Waals surface area contributed by atoms with Crippen molar-refractivity contribution >= 4 is 34.8 Å². The Balaban J connectivity index is 1.61. The number of piperazine rings is 1. The third-order valence-corrected chi connectivity index (χ3v) is 4.38. The number of anilines is 2. The van der Waals surface area contributed by atoms with E-state index >= 15 is 0 Å². The number of halogens is 1. The van der Waals surface area contributed by atoms with E-state index in [1.165, 1.54) is 0 Å². The number of benzene rings is 1. The number of carbonyl (C=O) groups excluding carboxylic acids is 2. The molecule has 1 aliphatic heterocycles. The second kappa shape index (κ2) is 7.53. The molecule has 0 bridgehead atoms. The Morgan fingerprint density at radius 3 is 2.12 bits per heavy atom. The van der Waals surface area contributed by atoms with Gasteiger partial charge in [-0.05, 0) is 36.4 Å². The van der Waals surface area contributed by atoms with Gasteiger partial charge >= 0.3 is 0 Å². The van der Waals surface area contributed by atoms with Crippen LogP contribution in [0.4, 0.5) is 11.4 Å². The number of hydrogen-bond donors (Lipinski definition) is 1. The van der Waals surface area contributed by atoms with Crippen molar-refractivity contribution in [2.75, 3.05) is 31.5 Å². The van der Waals surface area contributed by atoms with Gasteiger partial charge in [0.15, 0.2) is 0 Å². The lowest BCUT2D eigenvalue weighted by Gasteiger charge is -2.34. The molecule has 1 saturated heterocycles. The lowest BCUT2D eigenvalue weighted by molar-refractivity contribution is -0.130. The highest BCUT2D eigenvalue weighted by atomic mass is 35.5. The van der Waals surface area contributed by atoms with Gasteiger partial charge in [-0.15, -0.1) is 0 Å². The number of nitrogens with zero attached hydrogens (tertiary/aromatic N) is 3. The molecule has 0 saturated carbocycles. The molecular weight excluding hydrogens is 340 g/mol. The van der Waals surface area contributed by atoms with Gasteiger partial charge in [-0.2, -0.15) is 0 Å². The predicted octanol–water partition coefficient (Wildman–Crippen LogP) is 2.78. The molecule has 7 heteroatoms. The van der Waals surface area contributed by atoms with Gasteiger partial charge in [0.2, 0.25) is 5.91 Å². The summed E-state index contributed by atoms with van der Waals surface area (Å²) in [5.74, 6) is -0.0657. The maximum absolute atomic E-state index is 12.5. The third kappa shape index (κ3) is 4.28. The molecule has 1 N–H and O–H groups in total. The van der Waals surface area contributed by atoms with Gasteiger partial charge in [0.25, 0.3) is 5.91 Å². The van der Waals surface area contributed by atoms with Crippen LogP contribution in [0.2, 0.25) is 5.02 Å². The molecule has 2 amide bonds. The van der Waals surface area contributed by atoms with E-state index in [2.05, 4.69) is 10.3 Å². The van der Waals surface area contributed by atoms with Crippen LogP contribution < -0.4 is 5.32 Å². The summed E-state index contributed by atoms with van der Waals surface area (Å²) >= 11 is 5.87. The summed E-state index contributed by atoms with van der Waals surface area (Å²) in [4.78, 5) is 31.6. The molecule has 0 atom stereocenters. The van der Waals surface area contributed by atoms with Gasteiger partial charge in [0, 0.05) is 43.8 Å². The number of rotatable bonds is 3. The molecular formula is C18H19ClN4O2. The van der Waals surface area contributed by atoms with Crippen molar-refractivity contribution in [1.82, 2.24) is 14.8 Å². The second-order valence-electron chi connectivity index (χ2n) is 5.86. The molecule has 25 heavy (non-hydrogen) atoms. The molecule has 0 aliphatic carbocycles. The van der Waals surface area contributed by atoms with E-state index in [-0.39, 0.29) is 11.8 Å². The number of pyridine rings is 1. The number of hydrogen-bond acceptors (Lipinski definition) is 4. The maximum atomic E-state index is 12.5. The smallest absolute Gasteiger partial charge is 0.272 e. The summed E-state index contributed by atoms with van der Waals surface area (Å²) < 4.78 is 0. The van der Waals surface area contributed by atoms with Crippen LogP contribution in [0.5, 0.6) is 0 Å². The zero-order valence-corrected chi connectivity index (χ0v) is 14.7. The molecule has 2 heterocycles. The first kappa shape index (κ1) is 17.2.